The van der Waals surface area contributed by atoms with Crippen LogP contribution in [0, 0.1) is 5.92 Å². The number of nitrogens with one attached hydrogen (secondary N) is 2. The highest BCUT2D eigenvalue weighted by Gasteiger charge is 2.39. The lowest BCUT2D eigenvalue weighted by molar-refractivity contribution is 0.0427. The van der Waals surface area contributed by atoms with E-state index in [9.17, 15) is 14.4 Å². The minimum Gasteiger partial charge on any atom is -0.444 e. The average molecular weight is 536 g/mol. The summed E-state index contributed by atoms with van der Waals surface area (Å²) in [6.07, 6.45) is 0.765. The summed E-state index contributed by atoms with van der Waals surface area (Å²) < 4.78 is 16.6. The van der Waals surface area contributed by atoms with E-state index in [2.05, 4.69) is 22.5 Å². The van der Waals surface area contributed by atoms with Gasteiger partial charge in [0.25, 0.3) is 0 Å². The van der Waals surface area contributed by atoms with Crippen molar-refractivity contribution in [2.75, 3.05) is 29.9 Å². The number of hydrogen-bond acceptors (Lipinski definition) is 9. The van der Waals surface area contributed by atoms with Crippen LogP contribution < -0.4 is 20.4 Å². The molecule has 0 aliphatic carbocycles. The number of anilines is 2. The Bertz CT molecular complexity index is 967. The predicted molar refractivity (Wildman–Crippen MR) is 147 cm³/mol. The van der Waals surface area contributed by atoms with Crippen molar-refractivity contribution in [3.8, 4) is 0 Å². The summed E-state index contributed by atoms with van der Waals surface area (Å²) >= 11 is 0. The molecule has 1 aliphatic rings. The fourth-order valence-corrected chi connectivity index (χ4v) is 4.26. The second-order valence-corrected chi connectivity index (χ2v) is 12.6. The zero-order chi connectivity index (χ0) is 29.1. The van der Waals surface area contributed by atoms with Crippen molar-refractivity contribution in [1.29, 1.82) is 0 Å². The predicted octanol–water partition coefficient (Wildman–Crippen LogP) is 4.70. The number of pyridine rings is 1. The van der Waals surface area contributed by atoms with Crippen LogP contribution in [0.3, 0.4) is 0 Å². The molecule has 11 nitrogen and oxygen atoms in total. The molecule has 11 heteroatoms. The second-order valence-electron chi connectivity index (χ2n) is 12.6. The number of nitrogens with zero attached hydrogens (tertiary/aromatic N) is 3. The first-order valence-corrected chi connectivity index (χ1v) is 12.9. The van der Waals surface area contributed by atoms with Crippen LogP contribution in [0.2, 0.25) is 0 Å². The topological polar surface area (TPSA) is 122 Å². The van der Waals surface area contributed by atoms with Crippen molar-refractivity contribution >= 4 is 29.7 Å². The molecule has 0 bridgehead atoms. The molecular weight excluding hydrogens is 490 g/mol. The Hall–Kier alpha value is -3.08. The largest absolute Gasteiger partial charge is 0.444 e. The van der Waals surface area contributed by atoms with Crippen molar-refractivity contribution in [3.63, 3.8) is 0 Å². The van der Waals surface area contributed by atoms with E-state index in [4.69, 9.17) is 14.2 Å². The first kappa shape index (κ1) is 31.1. The van der Waals surface area contributed by atoms with E-state index in [1.54, 1.807) is 53.8 Å². The molecule has 2 heterocycles. The summed E-state index contributed by atoms with van der Waals surface area (Å²) in [6, 6.07) is 1.38. The van der Waals surface area contributed by atoms with Crippen LogP contribution in [-0.4, -0.2) is 72.3 Å². The van der Waals surface area contributed by atoms with Gasteiger partial charge in [-0.15, -0.1) is 0 Å². The lowest BCUT2D eigenvalue weighted by atomic mass is 9.89. The summed E-state index contributed by atoms with van der Waals surface area (Å²) in [4.78, 5) is 46.3. The van der Waals surface area contributed by atoms with E-state index in [-0.39, 0.29) is 23.7 Å². The summed E-state index contributed by atoms with van der Waals surface area (Å²) in [6.45, 7) is 18.8. The first-order chi connectivity index (χ1) is 17.3. The van der Waals surface area contributed by atoms with Crippen LogP contribution in [0.4, 0.5) is 25.8 Å². The number of imide groups is 1. The van der Waals surface area contributed by atoms with Crippen LogP contribution in [0.25, 0.3) is 0 Å². The SMILES string of the molecule is CN[C@H]1[C@@H](C)CN(c2ccncc2N(C(=O)OC(C)(C)C)C(=O)OC(C)(C)C)C[C@H]1NC(=O)OC(C)(C)C. The smallest absolute Gasteiger partial charge is 0.424 e. The third-order valence-corrected chi connectivity index (χ3v) is 5.52. The monoisotopic (exact) mass is 535 g/mol. The number of likely N-dealkylation sites (N-methyl/N-ethyl adjacent to an activating group) is 1. The maximum atomic E-state index is 13.3. The lowest BCUT2D eigenvalue weighted by Crippen LogP contribution is -2.63. The van der Waals surface area contributed by atoms with Crippen molar-refractivity contribution in [2.24, 2.45) is 5.92 Å². The number of hydrogen-bond donors (Lipinski definition) is 2. The normalized spacial score (nSPS) is 20.4. The van der Waals surface area contributed by atoms with Gasteiger partial charge in [0.05, 0.1) is 17.9 Å². The Kier molecular flexibility index (Phi) is 9.63. The molecule has 3 amide bonds. The number of alkyl carbamates (subject to hydrolysis) is 1. The summed E-state index contributed by atoms with van der Waals surface area (Å²) in [7, 11) is 1.85. The number of carbonyl (C=O) groups excluding carboxylic acids is 3. The molecule has 0 radical (unpaired) electrons. The Morgan fingerprint density at radius 3 is 1.92 bits per heavy atom. The summed E-state index contributed by atoms with van der Waals surface area (Å²) in [5, 5.41) is 6.29. The van der Waals surface area contributed by atoms with Crippen molar-refractivity contribution in [1.82, 2.24) is 15.6 Å². The molecule has 0 spiro atoms. The van der Waals surface area contributed by atoms with Gasteiger partial charge in [0.2, 0.25) is 0 Å². The molecule has 0 aromatic carbocycles. The summed E-state index contributed by atoms with van der Waals surface area (Å²) in [5.74, 6) is 0.0891. The standard InChI is InChI=1S/C27H45N5O6/c1-17-15-31(16-18(21(17)28-11)30-22(33)36-25(2,3)4)19-12-13-29-14-20(19)32(23(34)37-26(5,6)7)24(35)38-27(8,9)10/h12-14,17-18,21,28H,15-16H2,1-11H3,(H,30,33)/t17-,18+,21-/m0/s1. The molecule has 1 fully saturated rings. The molecule has 1 aromatic rings. The van der Waals surface area contributed by atoms with Gasteiger partial charge in [-0.2, -0.15) is 4.90 Å². The molecule has 0 saturated carbocycles. The molecule has 1 aliphatic heterocycles. The van der Waals surface area contributed by atoms with Gasteiger partial charge < -0.3 is 29.7 Å². The van der Waals surface area contributed by atoms with E-state index >= 15 is 0 Å². The molecule has 2 N–H and O–H groups in total. The second kappa shape index (κ2) is 11.8. The third kappa shape index (κ3) is 9.04. The fraction of sp³-hybridized carbons (Fsp3) is 0.704. The number of ether oxygens (including phenoxy) is 3. The van der Waals surface area contributed by atoms with Crippen molar-refractivity contribution < 1.29 is 28.6 Å². The van der Waals surface area contributed by atoms with Crippen LogP contribution in [0.15, 0.2) is 18.5 Å². The Balaban J connectivity index is 2.48. The van der Waals surface area contributed by atoms with Crippen molar-refractivity contribution in [2.45, 2.75) is 98.1 Å². The number of piperidine rings is 1. The number of carbonyl (C=O) groups is 3. The zero-order valence-corrected chi connectivity index (χ0v) is 24.7. The highest BCUT2D eigenvalue weighted by molar-refractivity contribution is 6.11. The van der Waals surface area contributed by atoms with Gasteiger partial charge >= 0.3 is 18.3 Å². The van der Waals surface area contributed by atoms with Crippen LogP contribution in [0.5, 0.6) is 0 Å². The van der Waals surface area contributed by atoms with Crippen LogP contribution >= 0.6 is 0 Å². The Morgan fingerprint density at radius 1 is 0.921 bits per heavy atom. The molecule has 0 unspecified atom stereocenters. The van der Waals surface area contributed by atoms with Gasteiger partial charge in [0.15, 0.2) is 0 Å². The zero-order valence-electron chi connectivity index (χ0n) is 24.7. The molecule has 3 atom stereocenters. The van der Waals surface area contributed by atoms with E-state index in [0.717, 1.165) is 4.90 Å². The van der Waals surface area contributed by atoms with Crippen LogP contribution in [0.1, 0.15) is 69.2 Å². The highest BCUT2D eigenvalue weighted by atomic mass is 16.6. The fourth-order valence-electron chi connectivity index (χ4n) is 4.26. The Labute approximate surface area is 226 Å². The molecule has 214 valence electrons. The highest BCUT2D eigenvalue weighted by Crippen LogP contribution is 2.34. The third-order valence-electron chi connectivity index (χ3n) is 5.52. The summed E-state index contributed by atoms with van der Waals surface area (Å²) in [5.41, 5.74) is -1.53. The van der Waals surface area contributed by atoms with Gasteiger partial charge in [-0.1, -0.05) is 6.92 Å². The number of amides is 3. The minimum atomic E-state index is -0.873. The van der Waals surface area contributed by atoms with Gasteiger partial charge in [0, 0.05) is 25.3 Å². The minimum absolute atomic E-state index is 0.0307. The van der Waals surface area contributed by atoms with E-state index in [1.807, 2.05) is 32.7 Å². The maximum absolute atomic E-state index is 13.3. The molecule has 1 saturated heterocycles. The van der Waals surface area contributed by atoms with Crippen molar-refractivity contribution in [3.05, 3.63) is 18.5 Å². The molecule has 1 aromatic heterocycles. The van der Waals surface area contributed by atoms with Gasteiger partial charge in [-0.25, -0.2) is 14.4 Å². The molecule has 38 heavy (non-hydrogen) atoms. The Morgan fingerprint density at radius 2 is 1.45 bits per heavy atom. The van der Waals surface area contributed by atoms with Crippen LogP contribution in [-0.2, 0) is 14.2 Å². The quantitative estimate of drug-likeness (QED) is 0.528. The molecule has 2 rings (SSSR count). The maximum Gasteiger partial charge on any atom is 0.424 e. The number of aromatic nitrogens is 1. The molecular formula is C27H45N5O6. The lowest BCUT2D eigenvalue weighted by Gasteiger charge is -2.44. The number of rotatable bonds is 4. The van der Waals surface area contributed by atoms with Gasteiger partial charge in [-0.05, 0) is 81.3 Å². The van der Waals surface area contributed by atoms with E-state index < -0.39 is 35.1 Å². The van der Waals surface area contributed by atoms with E-state index in [1.165, 1.54) is 6.20 Å². The average Bonchev–Trinajstić information content (AvgIpc) is 2.70. The van der Waals surface area contributed by atoms with E-state index in [0.29, 0.717) is 18.8 Å². The first-order valence-electron chi connectivity index (χ1n) is 12.9. The van der Waals surface area contributed by atoms with Gasteiger partial charge in [0.1, 0.15) is 22.5 Å². The van der Waals surface area contributed by atoms with Gasteiger partial charge in [-0.3, -0.25) is 4.98 Å².